The van der Waals surface area contributed by atoms with Gasteiger partial charge in [-0.3, -0.25) is 20.2 Å². The lowest BCUT2D eigenvalue weighted by Crippen LogP contribution is -2.34. The van der Waals surface area contributed by atoms with E-state index < -0.39 is 10.8 Å². The zero-order valence-corrected chi connectivity index (χ0v) is 20.7. The van der Waals surface area contributed by atoms with Crippen molar-refractivity contribution in [2.45, 2.75) is 27.2 Å². The van der Waals surface area contributed by atoms with Gasteiger partial charge in [-0.15, -0.1) is 10.2 Å². The monoisotopic (exact) mass is 511 g/mol. The van der Waals surface area contributed by atoms with Crippen molar-refractivity contribution in [2.75, 3.05) is 11.9 Å². The third-order valence-corrected chi connectivity index (χ3v) is 6.19. The lowest BCUT2D eigenvalue weighted by molar-refractivity contribution is -0.385. The zero-order chi connectivity index (χ0) is 25.1. The summed E-state index contributed by atoms with van der Waals surface area (Å²) in [7, 11) is 0. The molecule has 0 saturated heterocycles. The minimum atomic E-state index is -0.594. The molecular formula is C22H21N7O4S2. The van der Waals surface area contributed by atoms with Crippen molar-refractivity contribution in [3.8, 4) is 16.3 Å². The van der Waals surface area contributed by atoms with Crippen LogP contribution in [0.25, 0.3) is 15.5 Å². The van der Waals surface area contributed by atoms with Gasteiger partial charge < -0.3 is 10.1 Å². The number of nitrogens with zero attached hydrogens (tertiary/aromatic N) is 5. The largest absolute Gasteiger partial charge is 0.487 e. The summed E-state index contributed by atoms with van der Waals surface area (Å²) in [5, 5.41) is 30.6. The van der Waals surface area contributed by atoms with Gasteiger partial charge in [0.2, 0.25) is 4.96 Å². The molecule has 2 aromatic heterocycles. The smallest absolute Gasteiger partial charge is 0.311 e. The number of thiocarbonyl (C=S) groups is 1. The zero-order valence-electron chi connectivity index (χ0n) is 19.1. The molecule has 0 aliphatic rings. The lowest BCUT2D eigenvalue weighted by Gasteiger charge is -2.13. The number of benzene rings is 2. The summed E-state index contributed by atoms with van der Waals surface area (Å²) in [4.78, 5) is 24.1. The number of fused-ring (bicyclic) bond motifs is 1. The molecule has 35 heavy (non-hydrogen) atoms. The average Bonchev–Trinajstić information content (AvgIpc) is 3.41. The van der Waals surface area contributed by atoms with Crippen molar-refractivity contribution < 1.29 is 14.5 Å². The van der Waals surface area contributed by atoms with Gasteiger partial charge >= 0.3 is 5.69 Å². The summed E-state index contributed by atoms with van der Waals surface area (Å²) in [5.41, 5.74) is 2.31. The van der Waals surface area contributed by atoms with E-state index in [-0.39, 0.29) is 28.7 Å². The van der Waals surface area contributed by atoms with E-state index in [9.17, 15) is 14.9 Å². The fourth-order valence-electron chi connectivity index (χ4n) is 3.34. The van der Waals surface area contributed by atoms with Gasteiger partial charge in [-0.1, -0.05) is 18.3 Å². The van der Waals surface area contributed by atoms with Crippen molar-refractivity contribution >= 4 is 50.9 Å². The Kier molecular flexibility index (Phi) is 6.98. The Bertz CT molecular complexity index is 1450. The number of rotatable bonds is 7. The van der Waals surface area contributed by atoms with Crippen LogP contribution in [0.4, 0.5) is 11.4 Å². The van der Waals surface area contributed by atoms with Crippen LogP contribution in [0.2, 0.25) is 0 Å². The number of aryl methyl sites for hydroxylation is 2. The van der Waals surface area contributed by atoms with Crippen LogP contribution in [-0.4, -0.2) is 42.4 Å². The fourth-order valence-corrected chi connectivity index (χ4v) is 4.40. The summed E-state index contributed by atoms with van der Waals surface area (Å²) in [6.45, 7) is 5.90. The Labute approximate surface area is 209 Å². The molecule has 1 amide bonds. The van der Waals surface area contributed by atoms with Crippen molar-refractivity contribution in [1.29, 1.82) is 0 Å². The number of amides is 1. The quantitative estimate of drug-likeness (QED) is 0.213. The molecule has 4 aromatic rings. The number of hydrogen-bond donors (Lipinski definition) is 2. The van der Waals surface area contributed by atoms with Gasteiger partial charge in [0.05, 0.1) is 11.5 Å². The first-order valence-corrected chi connectivity index (χ1v) is 11.9. The standard InChI is InChI=1S/C22H21N7O4S2/c1-4-18-25-26-22-28(18)27-20(35-22)14-6-8-15(12(3)10-14)23-21(34)24-19(30)13-7-9-17(33-5-2)16(11-13)29(31)32/h6-11H,4-5H2,1-3H3,(H2,23,24,30,34). The van der Waals surface area contributed by atoms with E-state index in [1.54, 1.807) is 11.4 Å². The Hall–Kier alpha value is -3.97. The summed E-state index contributed by atoms with van der Waals surface area (Å²) in [5.74, 6) is 0.326. The third-order valence-electron chi connectivity index (χ3n) is 5.04. The van der Waals surface area contributed by atoms with E-state index in [0.717, 1.165) is 39.4 Å². The number of ether oxygens (including phenoxy) is 1. The number of aromatic nitrogens is 4. The molecule has 0 bridgehead atoms. The number of carbonyl (C=O) groups is 1. The first-order valence-electron chi connectivity index (χ1n) is 10.7. The van der Waals surface area contributed by atoms with Crippen LogP contribution < -0.4 is 15.4 Å². The van der Waals surface area contributed by atoms with Crippen LogP contribution in [0.15, 0.2) is 36.4 Å². The maximum Gasteiger partial charge on any atom is 0.311 e. The molecule has 13 heteroatoms. The molecule has 11 nitrogen and oxygen atoms in total. The highest BCUT2D eigenvalue weighted by molar-refractivity contribution is 7.80. The van der Waals surface area contributed by atoms with Gasteiger partial charge in [0.1, 0.15) is 5.01 Å². The van der Waals surface area contributed by atoms with Crippen LogP contribution >= 0.6 is 23.6 Å². The van der Waals surface area contributed by atoms with E-state index in [4.69, 9.17) is 17.0 Å². The number of carbonyl (C=O) groups excluding carboxylic acids is 1. The van der Waals surface area contributed by atoms with Crippen LogP contribution in [0.3, 0.4) is 0 Å². The van der Waals surface area contributed by atoms with Gasteiger partial charge in [-0.05, 0) is 62.0 Å². The molecule has 0 spiro atoms. The molecule has 2 heterocycles. The second-order valence-electron chi connectivity index (χ2n) is 7.38. The maximum atomic E-state index is 12.6. The number of hydrogen-bond acceptors (Lipinski definition) is 9. The Morgan fingerprint density at radius 3 is 2.71 bits per heavy atom. The van der Waals surface area contributed by atoms with E-state index in [0.29, 0.717) is 5.69 Å². The molecule has 2 aromatic carbocycles. The molecule has 0 radical (unpaired) electrons. The highest BCUT2D eigenvalue weighted by Gasteiger charge is 2.19. The Morgan fingerprint density at radius 2 is 2.03 bits per heavy atom. The third kappa shape index (κ3) is 5.10. The van der Waals surface area contributed by atoms with Gasteiger partial charge in [-0.2, -0.15) is 9.61 Å². The first-order chi connectivity index (χ1) is 16.8. The van der Waals surface area contributed by atoms with Gasteiger partial charge in [0.15, 0.2) is 16.7 Å². The second kappa shape index (κ2) is 10.1. The summed E-state index contributed by atoms with van der Waals surface area (Å²) in [6, 6.07) is 9.69. The first kappa shape index (κ1) is 24.2. The van der Waals surface area contributed by atoms with Crippen molar-refractivity contribution in [3.63, 3.8) is 0 Å². The van der Waals surface area contributed by atoms with E-state index in [1.807, 2.05) is 32.0 Å². The SMILES string of the molecule is CCOc1ccc(C(=O)NC(=S)Nc2ccc(-c3nn4c(CC)nnc4s3)cc2C)cc1[N+](=O)[O-]. The van der Waals surface area contributed by atoms with Crippen molar-refractivity contribution in [3.05, 3.63) is 63.5 Å². The molecule has 4 rings (SSSR count). The second-order valence-corrected chi connectivity index (χ2v) is 8.75. The van der Waals surface area contributed by atoms with E-state index >= 15 is 0 Å². The molecule has 0 unspecified atom stereocenters. The van der Waals surface area contributed by atoms with E-state index in [1.165, 1.54) is 23.5 Å². The minimum Gasteiger partial charge on any atom is -0.487 e. The summed E-state index contributed by atoms with van der Waals surface area (Å²) < 4.78 is 7.00. The number of anilines is 1. The molecule has 0 aliphatic heterocycles. The van der Waals surface area contributed by atoms with Crippen LogP contribution in [0, 0.1) is 17.0 Å². The minimum absolute atomic E-state index is 0.0637. The maximum absolute atomic E-state index is 12.6. The molecular weight excluding hydrogens is 490 g/mol. The van der Waals surface area contributed by atoms with Gasteiger partial charge in [-0.25, -0.2) is 0 Å². The molecule has 2 N–H and O–H groups in total. The predicted molar refractivity (Wildman–Crippen MR) is 136 cm³/mol. The molecule has 0 aliphatic carbocycles. The number of nitro benzene ring substituents is 1. The highest BCUT2D eigenvalue weighted by atomic mass is 32.1. The van der Waals surface area contributed by atoms with Crippen molar-refractivity contribution in [2.24, 2.45) is 0 Å². The summed E-state index contributed by atoms with van der Waals surface area (Å²) in [6.07, 6.45) is 0.736. The molecule has 0 atom stereocenters. The Balaban J connectivity index is 1.46. The van der Waals surface area contributed by atoms with E-state index in [2.05, 4.69) is 25.9 Å². The van der Waals surface area contributed by atoms with Crippen LogP contribution in [0.5, 0.6) is 5.75 Å². The van der Waals surface area contributed by atoms with Crippen molar-refractivity contribution in [1.82, 2.24) is 25.1 Å². The normalized spacial score (nSPS) is 10.8. The Morgan fingerprint density at radius 1 is 1.23 bits per heavy atom. The molecule has 180 valence electrons. The number of nitrogens with one attached hydrogen (secondary N) is 2. The lowest BCUT2D eigenvalue weighted by atomic mass is 10.1. The average molecular weight is 512 g/mol. The predicted octanol–water partition coefficient (Wildman–Crippen LogP) is 4.16. The fraction of sp³-hybridized carbons (Fsp3) is 0.227. The molecule has 0 fully saturated rings. The van der Waals surface area contributed by atoms with Gasteiger partial charge in [0, 0.05) is 29.3 Å². The highest BCUT2D eigenvalue weighted by Crippen LogP contribution is 2.29. The molecule has 0 saturated carbocycles. The summed E-state index contributed by atoms with van der Waals surface area (Å²) >= 11 is 6.73. The van der Waals surface area contributed by atoms with Gasteiger partial charge in [0.25, 0.3) is 5.91 Å². The van der Waals surface area contributed by atoms with Crippen LogP contribution in [-0.2, 0) is 6.42 Å². The van der Waals surface area contributed by atoms with Crippen LogP contribution in [0.1, 0.15) is 35.6 Å². The topological polar surface area (TPSA) is 137 Å². The number of nitro groups is 1.